The fourth-order valence-corrected chi connectivity index (χ4v) is 1.61. The molecule has 0 aliphatic heterocycles. The van der Waals surface area contributed by atoms with Gasteiger partial charge in [0.05, 0.1) is 0 Å². The van der Waals surface area contributed by atoms with E-state index in [1.54, 1.807) is 0 Å². The Kier molecular flexibility index (Phi) is 4.90. The van der Waals surface area contributed by atoms with Crippen molar-refractivity contribution in [3.8, 4) is 0 Å². The van der Waals surface area contributed by atoms with Crippen LogP contribution in [0.1, 0.15) is 25.7 Å². The zero-order valence-electron chi connectivity index (χ0n) is 5.35. The van der Waals surface area contributed by atoms with Gasteiger partial charge in [0.2, 0.25) is 0 Å². The minimum Gasteiger partial charge on any atom is -0.328 e. The molecule has 0 radical (unpaired) electrons. The van der Waals surface area contributed by atoms with E-state index in [0.717, 1.165) is 4.83 Å². The van der Waals surface area contributed by atoms with Crippen molar-refractivity contribution >= 4 is 28.3 Å². The Balaban J connectivity index is 0.000000640. The number of rotatable bonds is 0. The first-order valence-electron chi connectivity index (χ1n) is 3.18. The van der Waals surface area contributed by atoms with Gasteiger partial charge in [0.15, 0.2) is 0 Å². The molecule has 0 amide bonds. The molecule has 9 heavy (non-hydrogen) atoms. The van der Waals surface area contributed by atoms with Crippen molar-refractivity contribution in [2.75, 3.05) is 0 Å². The summed E-state index contributed by atoms with van der Waals surface area (Å²) >= 11 is 3.56. The Morgan fingerprint density at radius 1 is 1.11 bits per heavy atom. The number of nitrogens with two attached hydrogens (primary N) is 1. The molecular formula is C6H13BrClN. The maximum absolute atomic E-state index is 5.68. The van der Waals surface area contributed by atoms with E-state index in [9.17, 15) is 0 Å². The topological polar surface area (TPSA) is 26.0 Å². The van der Waals surface area contributed by atoms with Gasteiger partial charge < -0.3 is 5.73 Å². The van der Waals surface area contributed by atoms with Crippen LogP contribution in [0.2, 0.25) is 0 Å². The van der Waals surface area contributed by atoms with Gasteiger partial charge in [0.25, 0.3) is 0 Å². The summed E-state index contributed by atoms with van der Waals surface area (Å²) in [4.78, 5) is 0.752. The summed E-state index contributed by atoms with van der Waals surface area (Å²) < 4.78 is 0. The van der Waals surface area contributed by atoms with Crippen LogP contribution in [-0.4, -0.2) is 10.9 Å². The predicted octanol–water partition coefficient (Wildman–Crippen LogP) is 2.07. The van der Waals surface area contributed by atoms with Crippen molar-refractivity contribution in [1.29, 1.82) is 0 Å². The molecule has 3 heteroatoms. The minimum absolute atomic E-state index is 0. The van der Waals surface area contributed by atoms with Gasteiger partial charge >= 0.3 is 0 Å². The zero-order chi connectivity index (χ0) is 5.98. The van der Waals surface area contributed by atoms with E-state index in [1.165, 1.54) is 25.7 Å². The maximum atomic E-state index is 5.68. The Morgan fingerprint density at radius 2 is 1.56 bits per heavy atom. The minimum atomic E-state index is 0. The van der Waals surface area contributed by atoms with E-state index in [1.807, 2.05) is 0 Å². The van der Waals surface area contributed by atoms with E-state index < -0.39 is 0 Å². The highest BCUT2D eigenvalue weighted by Crippen LogP contribution is 2.22. The predicted molar refractivity (Wildman–Crippen MR) is 46.4 cm³/mol. The second-order valence-electron chi connectivity index (χ2n) is 2.51. The maximum Gasteiger partial charge on any atom is 0.0147 e. The third-order valence-corrected chi connectivity index (χ3v) is 2.62. The normalized spacial score (nSPS) is 35.3. The molecule has 1 aliphatic carbocycles. The van der Waals surface area contributed by atoms with Crippen LogP contribution in [0.5, 0.6) is 0 Å². The molecule has 1 fully saturated rings. The van der Waals surface area contributed by atoms with Crippen LogP contribution < -0.4 is 5.73 Å². The molecule has 0 unspecified atom stereocenters. The third kappa shape index (κ3) is 3.43. The van der Waals surface area contributed by atoms with Crippen LogP contribution in [0.3, 0.4) is 0 Å². The molecule has 1 saturated carbocycles. The lowest BCUT2D eigenvalue weighted by molar-refractivity contribution is 0.455. The number of halogens is 2. The molecule has 0 aromatic rings. The number of hydrogen-bond acceptors (Lipinski definition) is 1. The molecule has 0 saturated heterocycles. The lowest BCUT2D eigenvalue weighted by atomic mass is 9.96. The van der Waals surface area contributed by atoms with E-state index in [2.05, 4.69) is 15.9 Å². The fraction of sp³-hybridized carbons (Fsp3) is 1.00. The molecule has 2 N–H and O–H groups in total. The van der Waals surface area contributed by atoms with Crippen molar-refractivity contribution in [2.45, 2.75) is 36.6 Å². The van der Waals surface area contributed by atoms with Crippen LogP contribution in [0.25, 0.3) is 0 Å². The van der Waals surface area contributed by atoms with E-state index >= 15 is 0 Å². The zero-order valence-corrected chi connectivity index (χ0v) is 7.75. The molecule has 0 atom stereocenters. The van der Waals surface area contributed by atoms with E-state index in [0.29, 0.717) is 6.04 Å². The summed E-state index contributed by atoms with van der Waals surface area (Å²) in [5.74, 6) is 0. The Labute approximate surface area is 70.9 Å². The largest absolute Gasteiger partial charge is 0.328 e. The first-order valence-corrected chi connectivity index (χ1v) is 4.10. The highest BCUT2D eigenvalue weighted by Gasteiger charge is 2.14. The summed E-state index contributed by atoms with van der Waals surface area (Å²) in [5, 5.41) is 0. The van der Waals surface area contributed by atoms with E-state index in [4.69, 9.17) is 5.73 Å². The smallest absolute Gasteiger partial charge is 0.0147 e. The van der Waals surface area contributed by atoms with Crippen molar-refractivity contribution in [3.63, 3.8) is 0 Å². The van der Waals surface area contributed by atoms with Gasteiger partial charge in [-0.05, 0) is 25.7 Å². The highest BCUT2D eigenvalue weighted by atomic mass is 79.9. The van der Waals surface area contributed by atoms with Gasteiger partial charge in [-0.1, -0.05) is 15.9 Å². The molecule has 56 valence electrons. The molecule has 0 spiro atoms. The van der Waals surface area contributed by atoms with Crippen molar-refractivity contribution in [2.24, 2.45) is 5.73 Å². The van der Waals surface area contributed by atoms with Crippen LogP contribution >= 0.6 is 28.3 Å². The fourth-order valence-electron chi connectivity index (χ4n) is 1.08. The quantitative estimate of drug-likeness (QED) is 0.614. The van der Waals surface area contributed by atoms with Crippen LogP contribution in [-0.2, 0) is 0 Å². The molecule has 0 aromatic heterocycles. The molecule has 0 aromatic carbocycles. The Morgan fingerprint density at radius 3 is 1.89 bits per heavy atom. The molecule has 0 heterocycles. The van der Waals surface area contributed by atoms with Gasteiger partial charge in [-0.3, -0.25) is 0 Å². The first-order chi connectivity index (χ1) is 3.79. The van der Waals surface area contributed by atoms with Gasteiger partial charge in [0.1, 0.15) is 0 Å². The van der Waals surface area contributed by atoms with Crippen LogP contribution in [0.4, 0.5) is 0 Å². The summed E-state index contributed by atoms with van der Waals surface area (Å²) in [6, 6.07) is 0.490. The molecule has 1 nitrogen and oxygen atoms in total. The van der Waals surface area contributed by atoms with E-state index in [-0.39, 0.29) is 12.4 Å². The second kappa shape index (κ2) is 4.53. The number of alkyl halides is 1. The summed E-state index contributed by atoms with van der Waals surface area (Å²) in [6.07, 6.45) is 4.94. The molecule has 0 bridgehead atoms. The van der Waals surface area contributed by atoms with Gasteiger partial charge in [0, 0.05) is 10.9 Å². The lowest BCUT2D eigenvalue weighted by Crippen LogP contribution is -2.26. The van der Waals surface area contributed by atoms with Crippen molar-refractivity contribution in [1.82, 2.24) is 0 Å². The average molecular weight is 215 g/mol. The summed E-state index contributed by atoms with van der Waals surface area (Å²) in [6.45, 7) is 0. The SMILES string of the molecule is Cl.N[C@H]1CC[C@H](Br)CC1. The Hall–Kier alpha value is 0.730. The second-order valence-corrected chi connectivity index (χ2v) is 3.81. The van der Waals surface area contributed by atoms with Crippen molar-refractivity contribution < 1.29 is 0 Å². The monoisotopic (exact) mass is 213 g/mol. The highest BCUT2D eigenvalue weighted by molar-refractivity contribution is 9.09. The summed E-state index contributed by atoms with van der Waals surface area (Å²) in [5.41, 5.74) is 5.68. The van der Waals surface area contributed by atoms with Gasteiger partial charge in [-0.2, -0.15) is 0 Å². The van der Waals surface area contributed by atoms with Gasteiger partial charge in [-0.25, -0.2) is 0 Å². The van der Waals surface area contributed by atoms with Crippen LogP contribution in [0, 0.1) is 0 Å². The number of hydrogen-bond donors (Lipinski definition) is 1. The van der Waals surface area contributed by atoms with Crippen LogP contribution in [0.15, 0.2) is 0 Å². The average Bonchev–Trinajstić information content (AvgIpc) is 1.77. The molecule has 1 rings (SSSR count). The summed E-state index contributed by atoms with van der Waals surface area (Å²) in [7, 11) is 0. The third-order valence-electron chi connectivity index (χ3n) is 1.70. The Bertz CT molecular complexity index is 61.5. The van der Waals surface area contributed by atoms with Crippen molar-refractivity contribution in [3.05, 3.63) is 0 Å². The van der Waals surface area contributed by atoms with Gasteiger partial charge in [-0.15, -0.1) is 12.4 Å². The lowest BCUT2D eigenvalue weighted by Gasteiger charge is -2.21. The molecule has 1 aliphatic rings. The standard InChI is InChI=1S/C6H12BrN.ClH/c7-5-1-3-6(8)4-2-5;/h5-6H,1-4,8H2;1H/t5-,6-;. The first kappa shape index (κ1) is 9.73. The molecular weight excluding hydrogens is 201 g/mol.